The zero-order valence-corrected chi connectivity index (χ0v) is 18.4. The first-order valence-corrected chi connectivity index (χ1v) is 11.5. The van der Waals surface area contributed by atoms with Crippen molar-refractivity contribution < 1.29 is 9.53 Å². The molecule has 0 fully saturated rings. The smallest absolute Gasteiger partial charge is 0.253 e. The number of methoxy groups -OCH3 is 1. The van der Waals surface area contributed by atoms with Crippen molar-refractivity contribution in [1.82, 2.24) is 9.36 Å². The Labute approximate surface area is 186 Å². The Hall–Kier alpha value is -2.55. The lowest BCUT2D eigenvalue weighted by molar-refractivity contribution is -0.123. The molecule has 0 radical (unpaired) electrons. The first-order valence-electron chi connectivity index (χ1n) is 9.44. The molecule has 0 saturated heterocycles. The molecule has 0 N–H and O–H groups in total. The molecule has 1 amide bonds. The Morgan fingerprint density at radius 1 is 1.20 bits per heavy atom. The second-order valence-corrected chi connectivity index (χ2v) is 9.10. The number of fused-ring (bicyclic) bond motifs is 1. The van der Waals surface area contributed by atoms with E-state index in [0.717, 1.165) is 22.6 Å². The molecule has 0 spiro atoms. The molecule has 9 heteroatoms. The molecular formula is C21H17ClN4O2S2. The third-order valence-electron chi connectivity index (χ3n) is 5.30. The zero-order valence-electron chi connectivity index (χ0n) is 16.0. The second kappa shape index (κ2) is 7.94. The van der Waals surface area contributed by atoms with Gasteiger partial charge < -0.3 is 4.74 Å². The predicted octanol–water partition coefficient (Wildman–Crippen LogP) is 5.26. The van der Waals surface area contributed by atoms with E-state index in [1.807, 2.05) is 35.7 Å². The lowest BCUT2D eigenvalue weighted by Crippen LogP contribution is -2.45. The van der Waals surface area contributed by atoms with Gasteiger partial charge in [-0.1, -0.05) is 29.8 Å². The van der Waals surface area contributed by atoms with E-state index in [1.54, 1.807) is 18.4 Å². The van der Waals surface area contributed by atoms with Crippen LogP contribution in [0.4, 0.5) is 5.13 Å². The predicted molar refractivity (Wildman–Crippen MR) is 121 cm³/mol. The minimum atomic E-state index is -0.183. The molecule has 1 aliphatic carbocycles. The number of thiophene rings is 1. The van der Waals surface area contributed by atoms with Crippen LogP contribution in [0.15, 0.2) is 53.0 Å². The molecule has 2 atom stereocenters. The number of nitrogens with zero attached hydrogens (tertiary/aromatic N) is 4. The highest BCUT2D eigenvalue weighted by Gasteiger charge is 2.41. The molecule has 5 rings (SSSR count). The summed E-state index contributed by atoms with van der Waals surface area (Å²) in [6, 6.07) is 9.53. The van der Waals surface area contributed by atoms with E-state index in [0.29, 0.717) is 28.1 Å². The molecule has 0 saturated carbocycles. The van der Waals surface area contributed by atoms with Crippen LogP contribution in [0, 0.1) is 11.8 Å². The highest BCUT2D eigenvalue weighted by atomic mass is 35.5. The first-order chi connectivity index (χ1) is 14.7. The van der Waals surface area contributed by atoms with Gasteiger partial charge in [-0.05, 0) is 48.1 Å². The van der Waals surface area contributed by atoms with Crippen LogP contribution < -0.4 is 9.75 Å². The summed E-state index contributed by atoms with van der Waals surface area (Å²) < 4.78 is 9.71. The van der Waals surface area contributed by atoms with Gasteiger partial charge in [-0.3, -0.25) is 4.79 Å². The summed E-state index contributed by atoms with van der Waals surface area (Å²) in [5, 5.41) is 9.15. The third kappa shape index (κ3) is 3.34. The monoisotopic (exact) mass is 456 g/mol. The van der Waals surface area contributed by atoms with E-state index in [2.05, 4.69) is 21.5 Å². The van der Waals surface area contributed by atoms with Gasteiger partial charge in [0.15, 0.2) is 5.82 Å². The fourth-order valence-corrected chi connectivity index (χ4v) is 5.44. The van der Waals surface area contributed by atoms with Gasteiger partial charge in [0, 0.05) is 17.5 Å². The van der Waals surface area contributed by atoms with E-state index < -0.39 is 0 Å². The van der Waals surface area contributed by atoms with Gasteiger partial charge in [0.05, 0.1) is 28.6 Å². The summed E-state index contributed by atoms with van der Waals surface area (Å²) in [6.07, 6.45) is 5.63. The normalized spacial score (nSPS) is 20.8. The topological polar surface area (TPSA) is 67.7 Å². The molecule has 1 aromatic carbocycles. The van der Waals surface area contributed by atoms with E-state index in [4.69, 9.17) is 21.4 Å². The van der Waals surface area contributed by atoms with Crippen molar-refractivity contribution in [1.29, 1.82) is 0 Å². The van der Waals surface area contributed by atoms with Crippen molar-refractivity contribution >= 4 is 51.2 Å². The highest BCUT2D eigenvalue weighted by molar-refractivity contribution is 7.14. The number of carbonyl (C=O) groups is 1. The number of hydrogen-bond donors (Lipinski definition) is 0. The Kier molecular flexibility index (Phi) is 5.14. The van der Waals surface area contributed by atoms with Crippen molar-refractivity contribution in [2.75, 3.05) is 12.1 Å². The van der Waals surface area contributed by atoms with Crippen LogP contribution in [-0.4, -0.2) is 28.1 Å². The molecule has 3 aromatic rings. The standard InChI is InChI=1S/C21H17ClN4O2S2/c1-28-16-9-8-12(11-15(16)22)18-13-5-2-3-6-14(13)20(27)26(24-18)21-23-19(25-30-21)17-7-4-10-29-17/h2-4,7-11,13-14H,5-6H2,1H3/t13-,14+/m0/s1. The zero-order chi connectivity index (χ0) is 20.7. The third-order valence-corrected chi connectivity index (χ3v) is 7.16. The van der Waals surface area contributed by atoms with E-state index in [9.17, 15) is 4.79 Å². The average molecular weight is 457 g/mol. The number of hydrazone groups is 1. The highest BCUT2D eigenvalue weighted by Crippen LogP contribution is 2.38. The number of amides is 1. The molecule has 2 aromatic heterocycles. The lowest BCUT2D eigenvalue weighted by atomic mass is 9.76. The molecule has 0 bridgehead atoms. The minimum absolute atomic E-state index is 0.00731. The lowest BCUT2D eigenvalue weighted by Gasteiger charge is -2.35. The summed E-state index contributed by atoms with van der Waals surface area (Å²) in [5.41, 5.74) is 1.72. The fraction of sp³-hybridized carbons (Fsp3) is 0.238. The Morgan fingerprint density at radius 2 is 2.03 bits per heavy atom. The Bertz CT molecular complexity index is 1160. The fourth-order valence-electron chi connectivity index (χ4n) is 3.82. The summed E-state index contributed by atoms with van der Waals surface area (Å²) in [4.78, 5) is 18.8. The molecule has 152 valence electrons. The number of carbonyl (C=O) groups excluding carboxylic acids is 1. The van der Waals surface area contributed by atoms with Gasteiger partial charge in [-0.2, -0.15) is 19.5 Å². The number of aromatic nitrogens is 2. The van der Waals surface area contributed by atoms with Gasteiger partial charge in [0.1, 0.15) is 5.75 Å². The molecule has 0 unspecified atom stereocenters. The molecule has 3 heterocycles. The minimum Gasteiger partial charge on any atom is -0.495 e. The number of halogens is 1. The molecule has 2 aliphatic rings. The van der Waals surface area contributed by atoms with Gasteiger partial charge in [0.25, 0.3) is 5.91 Å². The van der Waals surface area contributed by atoms with Crippen molar-refractivity contribution in [2.24, 2.45) is 16.9 Å². The van der Waals surface area contributed by atoms with Gasteiger partial charge in [0.2, 0.25) is 5.13 Å². The molecule has 30 heavy (non-hydrogen) atoms. The van der Waals surface area contributed by atoms with Gasteiger partial charge in [-0.25, -0.2) is 0 Å². The van der Waals surface area contributed by atoms with E-state index in [-0.39, 0.29) is 17.7 Å². The maximum atomic E-state index is 13.3. The van der Waals surface area contributed by atoms with Crippen LogP contribution in [0.25, 0.3) is 10.7 Å². The van der Waals surface area contributed by atoms with E-state index in [1.165, 1.54) is 16.5 Å². The van der Waals surface area contributed by atoms with Crippen LogP contribution in [0.5, 0.6) is 5.75 Å². The summed E-state index contributed by atoms with van der Waals surface area (Å²) in [6.45, 7) is 0. The number of benzene rings is 1. The largest absolute Gasteiger partial charge is 0.495 e. The maximum absolute atomic E-state index is 13.3. The number of hydrogen-bond acceptors (Lipinski definition) is 7. The summed E-state index contributed by atoms with van der Waals surface area (Å²) >= 11 is 9.12. The average Bonchev–Trinajstić information content (AvgIpc) is 3.46. The second-order valence-electron chi connectivity index (χ2n) is 7.02. The number of ether oxygens (including phenoxy) is 1. The Balaban J connectivity index is 1.58. The van der Waals surface area contributed by atoms with Gasteiger partial charge in [-0.15, -0.1) is 11.3 Å². The van der Waals surface area contributed by atoms with E-state index >= 15 is 0 Å². The molecular weight excluding hydrogens is 440 g/mol. The molecule has 6 nitrogen and oxygen atoms in total. The summed E-state index contributed by atoms with van der Waals surface area (Å²) in [7, 11) is 1.59. The van der Waals surface area contributed by atoms with Crippen LogP contribution in [0.1, 0.15) is 18.4 Å². The number of allylic oxidation sites excluding steroid dienone is 2. The van der Waals surface area contributed by atoms with Crippen LogP contribution in [0.3, 0.4) is 0 Å². The van der Waals surface area contributed by atoms with Crippen LogP contribution in [-0.2, 0) is 4.79 Å². The van der Waals surface area contributed by atoms with Crippen molar-refractivity contribution in [2.45, 2.75) is 12.8 Å². The quantitative estimate of drug-likeness (QED) is 0.502. The first kappa shape index (κ1) is 19.4. The maximum Gasteiger partial charge on any atom is 0.253 e. The SMILES string of the molecule is COc1ccc(C2=NN(c3nc(-c4cccs4)ns3)C(=O)[C@@H]3CC=CC[C@H]23)cc1Cl. The van der Waals surface area contributed by atoms with Gasteiger partial charge >= 0.3 is 0 Å². The number of anilines is 1. The molecule has 1 aliphatic heterocycles. The summed E-state index contributed by atoms with van der Waals surface area (Å²) in [5.74, 6) is 1.01. The number of rotatable bonds is 4. The van der Waals surface area contributed by atoms with Crippen molar-refractivity contribution in [3.8, 4) is 16.5 Å². The van der Waals surface area contributed by atoms with Crippen LogP contribution in [0.2, 0.25) is 5.02 Å². The van der Waals surface area contributed by atoms with Crippen molar-refractivity contribution in [3.05, 3.63) is 58.5 Å². The van der Waals surface area contributed by atoms with Crippen molar-refractivity contribution in [3.63, 3.8) is 0 Å². The Morgan fingerprint density at radius 3 is 2.77 bits per heavy atom. The van der Waals surface area contributed by atoms with Crippen LogP contribution >= 0.6 is 34.5 Å².